The van der Waals surface area contributed by atoms with Gasteiger partial charge in [-0.15, -0.1) is 9.05 Å². The Morgan fingerprint density at radius 2 is 2.11 bits per heavy atom. The maximum atomic E-state index is 12.5. The Hall–Kier alpha value is -2.38. The standard InChI is InChI=1S/C22H33N6O7PS/c1-5-32-21(30)24-7-6-22(3,4)20(29)37-9-8-33-36(31)34-11-15-10-14(2)19(35-15)28-13-27-16-17(23)25-12-26-18(16)28/h12-15,19H,5-11H2,1-4H3,(H2-,23,24,25,26,30)/p+1. The van der Waals surface area contributed by atoms with E-state index in [2.05, 4.69) is 20.3 Å². The zero-order valence-electron chi connectivity index (χ0n) is 21.4. The van der Waals surface area contributed by atoms with E-state index in [1.165, 1.54) is 6.33 Å². The van der Waals surface area contributed by atoms with E-state index in [-0.39, 0.29) is 43.2 Å². The van der Waals surface area contributed by atoms with Gasteiger partial charge in [-0.3, -0.25) is 9.36 Å². The number of carbonyl (C=O) groups excluding carboxylic acids is 2. The summed E-state index contributed by atoms with van der Waals surface area (Å²) in [7, 11) is -2.35. The molecule has 0 aromatic carbocycles. The van der Waals surface area contributed by atoms with E-state index in [0.717, 1.165) is 11.8 Å². The molecular weight excluding hydrogens is 523 g/mol. The summed E-state index contributed by atoms with van der Waals surface area (Å²) in [5.41, 5.74) is 6.33. The molecule has 2 aromatic heterocycles. The molecule has 15 heteroatoms. The van der Waals surface area contributed by atoms with E-state index in [1.807, 2.05) is 25.3 Å². The van der Waals surface area contributed by atoms with Crippen LogP contribution in [0, 0.1) is 11.3 Å². The van der Waals surface area contributed by atoms with Gasteiger partial charge < -0.3 is 20.5 Å². The van der Waals surface area contributed by atoms with E-state index >= 15 is 0 Å². The number of alkyl carbamates (subject to hydrolysis) is 1. The maximum Gasteiger partial charge on any atom is 0.697 e. The van der Waals surface area contributed by atoms with Crippen LogP contribution in [0.25, 0.3) is 11.2 Å². The van der Waals surface area contributed by atoms with Crippen molar-refractivity contribution in [1.82, 2.24) is 24.8 Å². The first kappa shape index (κ1) is 29.2. The summed E-state index contributed by atoms with van der Waals surface area (Å²) in [6, 6.07) is 0. The molecule has 3 heterocycles. The highest BCUT2D eigenvalue weighted by Crippen LogP contribution is 2.37. The smallest absolute Gasteiger partial charge is 0.450 e. The fourth-order valence-electron chi connectivity index (χ4n) is 3.81. The molecule has 0 spiro atoms. The van der Waals surface area contributed by atoms with Crippen LogP contribution in [-0.2, 0) is 27.9 Å². The highest BCUT2D eigenvalue weighted by atomic mass is 32.2. The van der Waals surface area contributed by atoms with Crippen molar-refractivity contribution in [2.75, 3.05) is 37.9 Å². The highest BCUT2D eigenvalue weighted by Gasteiger charge is 2.37. The number of fused-ring (bicyclic) bond motifs is 1. The third-order valence-electron chi connectivity index (χ3n) is 5.84. The molecule has 1 aliphatic rings. The van der Waals surface area contributed by atoms with Crippen molar-refractivity contribution in [3.8, 4) is 0 Å². The lowest BCUT2D eigenvalue weighted by Gasteiger charge is -2.22. The van der Waals surface area contributed by atoms with E-state index in [0.29, 0.717) is 42.1 Å². The van der Waals surface area contributed by atoms with Gasteiger partial charge in [-0.1, -0.05) is 32.5 Å². The second-order valence-corrected chi connectivity index (χ2v) is 11.2. The van der Waals surface area contributed by atoms with E-state index in [1.54, 1.807) is 13.3 Å². The Kier molecular flexibility index (Phi) is 10.6. The van der Waals surface area contributed by atoms with Gasteiger partial charge in [-0.2, -0.15) is 0 Å². The minimum atomic E-state index is -2.35. The van der Waals surface area contributed by atoms with Gasteiger partial charge in [0.2, 0.25) is 0 Å². The molecule has 2 aromatic rings. The monoisotopic (exact) mass is 557 g/mol. The Balaban J connectivity index is 1.34. The number of nitrogens with one attached hydrogen (secondary N) is 1. The number of nitrogens with two attached hydrogens (primary N) is 1. The third kappa shape index (κ3) is 8.05. The average molecular weight is 558 g/mol. The van der Waals surface area contributed by atoms with Crippen molar-refractivity contribution in [3.63, 3.8) is 0 Å². The quantitative estimate of drug-likeness (QED) is 0.272. The number of anilines is 1. The number of carbonyl (C=O) groups is 2. The maximum absolute atomic E-state index is 12.5. The summed E-state index contributed by atoms with van der Waals surface area (Å²) < 4.78 is 35.5. The third-order valence-corrected chi connectivity index (χ3v) is 7.78. The summed E-state index contributed by atoms with van der Waals surface area (Å²) in [6.45, 7) is 8.20. The molecule has 13 nitrogen and oxygen atoms in total. The van der Waals surface area contributed by atoms with Crippen LogP contribution in [0.1, 0.15) is 46.8 Å². The first-order chi connectivity index (χ1) is 17.6. The van der Waals surface area contributed by atoms with Crippen LogP contribution in [0.2, 0.25) is 0 Å². The van der Waals surface area contributed by atoms with Gasteiger partial charge in [0, 0.05) is 28.2 Å². The van der Waals surface area contributed by atoms with E-state index < -0.39 is 19.8 Å². The van der Waals surface area contributed by atoms with Gasteiger partial charge in [0.1, 0.15) is 31.3 Å². The number of hydrogen-bond acceptors (Lipinski definition) is 12. The zero-order chi connectivity index (χ0) is 27.0. The molecule has 3 rings (SSSR count). The van der Waals surface area contributed by atoms with E-state index in [9.17, 15) is 14.2 Å². The van der Waals surface area contributed by atoms with Gasteiger partial charge >= 0.3 is 14.3 Å². The molecule has 37 heavy (non-hydrogen) atoms. The number of rotatable bonds is 13. The van der Waals surface area contributed by atoms with Gasteiger partial charge in [-0.05, 0) is 19.8 Å². The second kappa shape index (κ2) is 13.4. The summed E-state index contributed by atoms with van der Waals surface area (Å²) >= 11 is 1.09. The molecule has 4 atom stereocenters. The fraction of sp³-hybridized carbons (Fsp3) is 0.682. The van der Waals surface area contributed by atoms with Crippen LogP contribution < -0.4 is 11.1 Å². The number of aromatic nitrogens is 4. The number of thioether (sulfide) groups is 1. The van der Waals surface area contributed by atoms with Crippen molar-refractivity contribution in [2.45, 2.75) is 52.9 Å². The van der Waals surface area contributed by atoms with Crippen molar-refractivity contribution >= 4 is 48.2 Å². The van der Waals surface area contributed by atoms with Crippen LogP contribution in [0.4, 0.5) is 10.6 Å². The largest absolute Gasteiger partial charge is 0.697 e. The Morgan fingerprint density at radius 3 is 2.86 bits per heavy atom. The number of hydrogen-bond donors (Lipinski definition) is 2. The molecule has 3 N–H and O–H groups in total. The number of ether oxygens (including phenoxy) is 2. The van der Waals surface area contributed by atoms with E-state index in [4.69, 9.17) is 24.3 Å². The van der Waals surface area contributed by atoms with Gasteiger partial charge in [0.15, 0.2) is 16.6 Å². The molecule has 4 unspecified atom stereocenters. The number of amides is 1. The first-order valence-electron chi connectivity index (χ1n) is 12.0. The van der Waals surface area contributed by atoms with Crippen LogP contribution >= 0.6 is 20.0 Å². The topological polar surface area (TPSA) is 170 Å². The van der Waals surface area contributed by atoms with Crippen molar-refractivity contribution < 1.29 is 32.7 Å². The minimum Gasteiger partial charge on any atom is -0.450 e. The van der Waals surface area contributed by atoms with Crippen molar-refractivity contribution in [1.29, 1.82) is 0 Å². The van der Waals surface area contributed by atoms with Gasteiger partial charge in [0.25, 0.3) is 0 Å². The number of nitrogens with zero attached hydrogens (tertiary/aromatic N) is 4. The summed E-state index contributed by atoms with van der Waals surface area (Å²) in [6.07, 6.45) is 3.07. The van der Waals surface area contributed by atoms with Crippen LogP contribution in [0.3, 0.4) is 0 Å². The van der Waals surface area contributed by atoms with Crippen molar-refractivity contribution in [3.05, 3.63) is 12.7 Å². The minimum absolute atomic E-state index is 0.0451. The van der Waals surface area contributed by atoms with Gasteiger partial charge in [0.05, 0.1) is 19.0 Å². The Morgan fingerprint density at radius 1 is 1.32 bits per heavy atom. The predicted molar refractivity (Wildman–Crippen MR) is 138 cm³/mol. The zero-order valence-corrected chi connectivity index (χ0v) is 23.1. The van der Waals surface area contributed by atoms with Crippen LogP contribution in [-0.4, -0.2) is 68.9 Å². The lowest BCUT2D eigenvalue weighted by molar-refractivity contribution is -0.118. The summed E-state index contributed by atoms with van der Waals surface area (Å²) in [4.78, 5) is 36.3. The van der Waals surface area contributed by atoms with Gasteiger partial charge in [-0.25, -0.2) is 19.7 Å². The molecule has 1 saturated heterocycles. The summed E-state index contributed by atoms with van der Waals surface area (Å²) in [5.74, 6) is 0.771. The molecular formula is C22H34N6O7PS+. The molecule has 1 fully saturated rings. The fourth-order valence-corrected chi connectivity index (χ4v) is 5.38. The Bertz CT molecular complexity index is 1100. The second-order valence-electron chi connectivity index (χ2n) is 9.21. The molecule has 0 bridgehead atoms. The molecule has 1 aliphatic heterocycles. The SMILES string of the molecule is CCOC(=O)NCCC(C)(C)C(=O)SCCO[P+](=O)OCC1CC(C)C(n2cnc3c(N)ncnc32)O1. The average Bonchev–Trinajstić information content (AvgIpc) is 3.44. The number of imidazole rings is 1. The molecule has 0 aliphatic carbocycles. The first-order valence-corrected chi connectivity index (χ1v) is 14.1. The highest BCUT2D eigenvalue weighted by molar-refractivity contribution is 8.13. The van der Waals surface area contributed by atoms with Crippen LogP contribution in [0.5, 0.6) is 0 Å². The molecule has 204 valence electrons. The lowest BCUT2D eigenvalue weighted by atomic mass is 9.91. The molecule has 1 amide bonds. The molecule has 0 radical (unpaired) electrons. The molecule has 0 saturated carbocycles. The normalized spacial score (nSPS) is 20.2. The van der Waals surface area contributed by atoms with Crippen molar-refractivity contribution in [2.24, 2.45) is 11.3 Å². The number of nitrogen functional groups attached to an aromatic ring is 1. The Labute approximate surface area is 220 Å². The van der Waals surface area contributed by atoms with Crippen LogP contribution in [0.15, 0.2) is 12.7 Å². The summed E-state index contributed by atoms with van der Waals surface area (Å²) in [5, 5.41) is 2.56. The lowest BCUT2D eigenvalue weighted by Crippen LogP contribution is -2.31. The predicted octanol–water partition coefficient (Wildman–Crippen LogP) is 3.44.